The molecule has 98 valence electrons. The maximum absolute atomic E-state index is 12.4. The second-order valence-electron chi connectivity index (χ2n) is 5.00. The molecule has 2 rings (SSSR count). The van der Waals surface area contributed by atoms with Gasteiger partial charge >= 0.3 is 0 Å². The van der Waals surface area contributed by atoms with E-state index >= 15 is 0 Å². The third-order valence-electron chi connectivity index (χ3n) is 3.16. The fourth-order valence-electron chi connectivity index (χ4n) is 2.40. The SMILES string of the molecule is CN(C)CC1CC(O)CN1C(=O)c1ccncc1. The molecule has 1 aromatic heterocycles. The van der Waals surface area contributed by atoms with Crippen molar-refractivity contribution in [1.29, 1.82) is 0 Å². The second kappa shape index (κ2) is 5.46. The average molecular weight is 249 g/mol. The zero-order valence-electron chi connectivity index (χ0n) is 10.8. The van der Waals surface area contributed by atoms with Gasteiger partial charge in [-0.3, -0.25) is 9.78 Å². The molecule has 1 aromatic rings. The highest BCUT2D eigenvalue weighted by molar-refractivity contribution is 5.94. The fraction of sp³-hybridized carbons (Fsp3) is 0.538. The summed E-state index contributed by atoms with van der Waals surface area (Å²) in [7, 11) is 3.94. The number of aromatic nitrogens is 1. The van der Waals surface area contributed by atoms with Crippen molar-refractivity contribution in [2.45, 2.75) is 18.6 Å². The van der Waals surface area contributed by atoms with Crippen molar-refractivity contribution in [2.24, 2.45) is 0 Å². The first kappa shape index (κ1) is 13.0. The molecule has 0 aliphatic carbocycles. The first-order chi connectivity index (χ1) is 8.58. The summed E-state index contributed by atoms with van der Waals surface area (Å²) in [5, 5.41) is 9.75. The highest BCUT2D eigenvalue weighted by Crippen LogP contribution is 2.20. The van der Waals surface area contributed by atoms with Crippen LogP contribution in [0.1, 0.15) is 16.8 Å². The third-order valence-corrected chi connectivity index (χ3v) is 3.16. The summed E-state index contributed by atoms with van der Waals surface area (Å²) < 4.78 is 0. The summed E-state index contributed by atoms with van der Waals surface area (Å²) in [5.74, 6) is -0.0270. The predicted octanol–water partition coefficient (Wildman–Crippen LogP) is 0.219. The number of carbonyl (C=O) groups is 1. The van der Waals surface area contributed by atoms with E-state index in [0.29, 0.717) is 18.5 Å². The summed E-state index contributed by atoms with van der Waals surface area (Å²) in [5.41, 5.74) is 0.628. The zero-order valence-corrected chi connectivity index (χ0v) is 10.8. The predicted molar refractivity (Wildman–Crippen MR) is 68.2 cm³/mol. The van der Waals surface area contributed by atoms with Crippen molar-refractivity contribution in [3.63, 3.8) is 0 Å². The van der Waals surface area contributed by atoms with Gasteiger partial charge in [0.15, 0.2) is 0 Å². The third kappa shape index (κ3) is 2.86. The zero-order chi connectivity index (χ0) is 13.1. The number of carbonyl (C=O) groups excluding carboxylic acids is 1. The molecular weight excluding hydrogens is 230 g/mol. The van der Waals surface area contributed by atoms with Gasteiger partial charge in [-0.15, -0.1) is 0 Å². The van der Waals surface area contributed by atoms with E-state index in [9.17, 15) is 9.90 Å². The number of hydrogen-bond acceptors (Lipinski definition) is 4. The van der Waals surface area contributed by atoms with Crippen molar-refractivity contribution in [3.8, 4) is 0 Å². The van der Waals surface area contributed by atoms with E-state index in [-0.39, 0.29) is 11.9 Å². The molecule has 2 heterocycles. The molecule has 5 heteroatoms. The number of pyridine rings is 1. The van der Waals surface area contributed by atoms with Gasteiger partial charge in [-0.1, -0.05) is 0 Å². The first-order valence-electron chi connectivity index (χ1n) is 6.11. The lowest BCUT2D eigenvalue weighted by atomic mass is 10.1. The Labute approximate surface area is 107 Å². The Hall–Kier alpha value is -1.46. The van der Waals surface area contributed by atoms with Crippen molar-refractivity contribution < 1.29 is 9.90 Å². The topological polar surface area (TPSA) is 56.7 Å². The van der Waals surface area contributed by atoms with Gasteiger partial charge in [-0.05, 0) is 32.6 Å². The molecule has 18 heavy (non-hydrogen) atoms. The van der Waals surface area contributed by atoms with E-state index in [0.717, 1.165) is 6.54 Å². The smallest absolute Gasteiger partial charge is 0.254 e. The minimum absolute atomic E-state index is 0.0270. The Balaban J connectivity index is 2.13. The summed E-state index contributed by atoms with van der Waals surface area (Å²) in [4.78, 5) is 20.1. The van der Waals surface area contributed by atoms with Crippen molar-refractivity contribution >= 4 is 5.91 Å². The van der Waals surface area contributed by atoms with Gasteiger partial charge in [0.05, 0.1) is 6.10 Å². The van der Waals surface area contributed by atoms with Gasteiger partial charge in [0.1, 0.15) is 0 Å². The number of β-amino-alcohol motifs (C(OH)–C–C–N with tert-alkyl or cyclic N) is 1. The lowest BCUT2D eigenvalue weighted by Crippen LogP contribution is -2.41. The van der Waals surface area contributed by atoms with Gasteiger partial charge in [0.2, 0.25) is 0 Å². The number of likely N-dealkylation sites (tertiary alicyclic amines) is 1. The van der Waals surface area contributed by atoms with Crippen LogP contribution in [-0.4, -0.2) is 65.1 Å². The minimum Gasteiger partial charge on any atom is -0.391 e. The number of likely N-dealkylation sites (N-methyl/N-ethyl adjacent to an activating group) is 1. The van der Waals surface area contributed by atoms with Gasteiger partial charge in [0, 0.05) is 37.1 Å². The summed E-state index contributed by atoms with van der Waals surface area (Å²) in [6, 6.07) is 3.50. The van der Waals surface area contributed by atoms with E-state index in [1.165, 1.54) is 0 Å². The van der Waals surface area contributed by atoms with Crippen LogP contribution in [0.3, 0.4) is 0 Å². The quantitative estimate of drug-likeness (QED) is 0.832. The number of rotatable bonds is 3. The Morgan fingerprint density at radius 2 is 2.17 bits per heavy atom. The van der Waals surface area contributed by atoms with E-state index in [1.807, 2.05) is 19.0 Å². The highest BCUT2D eigenvalue weighted by Gasteiger charge is 2.34. The number of aliphatic hydroxyl groups excluding tert-OH is 1. The van der Waals surface area contributed by atoms with Gasteiger partial charge in [-0.25, -0.2) is 0 Å². The standard InChI is InChI=1S/C13H19N3O2/c1-15(2)8-11-7-12(17)9-16(11)13(18)10-3-5-14-6-4-10/h3-6,11-12,17H,7-9H2,1-2H3. The molecule has 2 atom stereocenters. The highest BCUT2D eigenvalue weighted by atomic mass is 16.3. The molecule has 1 N–H and O–H groups in total. The molecule has 1 saturated heterocycles. The summed E-state index contributed by atoms with van der Waals surface area (Å²) in [6.07, 6.45) is 3.46. The molecule has 5 nitrogen and oxygen atoms in total. The Bertz CT molecular complexity index is 408. The molecule has 0 bridgehead atoms. The number of amides is 1. The van der Waals surface area contributed by atoms with E-state index < -0.39 is 6.10 Å². The van der Waals surface area contributed by atoms with Crippen LogP contribution in [0.2, 0.25) is 0 Å². The van der Waals surface area contributed by atoms with Crippen molar-refractivity contribution in [1.82, 2.24) is 14.8 Å². The molecule has 1 amide bonds. The van der Waals surface area contributed by atoms with Crippen LogP contribution in [0, 0.1) is 0 Å². The van der Waals surface area contributed by atoms with Crippen LogP contribution < -0.4 is 0 Å². The van der Waals surface area contributed by atoms with Crippen molar-refractivity contribution in [2.75, 3.05) is 27.2 Å². The largest absolute Gasteiger partial charge is 0.391 e. The number of aliphatic hydroxyl groups is 1. The van der Waals surface area contributed by atoms with Gasteiger partial charge in [0.25, 0.3) is 5.91 Å². The summed E-state index contributed by atoms with van der Waals surface area (Å²) >= 11 is 0. The van der Waals surface area contributed by atoms with Crippen LogP contribution >= 0.6 is 0 Å². The van der Waals surface area contributed by atoms with Crippen molar-refractivity contribution in [3.05, 3.63) is 30.1 Å². The lowest BCUT2D eigenvalue weighted by Gasteiger charge is -2.26. The van der Waals surface area contributed by atoms with E-state index in [1.54, 1.807) is 29.4 Å². The molecule has 0 saturated carbocycles. The Morgan fingerprint density at radius 3 is 2.78 bits per heavy atom. The normalized spacial score (nSPS) is 23.7. The van der Waals surface area contributed by atoms with Crippen LogP contribution in [0.4, 0.5) is 0 Å². The van der Waals surface area contributed by atoms with E-state index in [4.69, 9.17) is 0 Å². The van der Waals surface area contributed by atoms with Gasteiger partial charge < -0.3 is 14.9 Å². The van der Waals surface area contributed by atoms with Gasteiger partial charge in [-0.2, -0.15) is 0 Å². The fourth-order valence-corrected chi connectivity index (χ4v) is 2.40. The molecule has 0 aromatic carbocycles. The van der Waals surface area contributed by atoms with Crippen LogP contribution in [-0.2, 0) is 0 Å². The molecule has 0 spiro atoms. The van der Waals surface area contributed by atoms with Crippen LogP contribution in [0.25, 0.3) is 0 Å². The minimum atomic E-state index is -0.416. The monoisotopic (exact) mass is 249 g/mol. The Morgan fingerprint density at radius 1 is 1.50 bits per heavy atom. The maximum Gasteiger partial charge on any atom is 0.254 e. The molecule has 0 radical (unpaired) electrons. The van der Waals surface area contributed by atoms with E-state index in [2.05, 4.69) is 4.98 Å². The summed E-state index contributed by atoms with van der Waals surface area (Å²) in [6.45, 7) is 1.19. The molecule has 2 unspecified atom stereocenters. The Kier molecular flexibility index (Phi) is 3.93. The molecular formula is C13H19N3O2. The first-order valence-corrected chi connectivity index (χ1v) is 6.11. The van der Waals surface area contributed by atoms with Crippen LogP contribution in [0.5, 0.6) is 0 Å². The lowest BCUT2D eigenvalue weighted by molar-refractivity contribution is 0.0699. The molecule has 1 aliphatic heterocycles. The number of hydrogen-bond donors (Lipinski definition) is 1. The molecule has 1 aliphatic rings. The molecule has 1 fully saturated rings. The van der Waals surface area contributed by atoms with Crippen LogP contribution in [0.15, 0.2) is 24.5 Å². The average Bonchev–Trinajstić information content (AvgIpc) is 2.69. The second-order valence-corrected chi connectivity index (χ2v) is 5.00. The number of nitrogens with zero attached hydrogens (tertiary/aromatic N) is 3. The maximum atomic E-state index is 12.4.